The van der Waals surface area contributed by atoms with E-state index >= 15 is 0 Å². The molecule has 1 aliphatic rings. The van der Waals surface area contributed by atoms with Crippen molar-refractivity contribution in [3.8, 4) is 0 Å². The average Bonchev–Trinajstić information content (AvgIpc) is 2.99. The fraction of sp³-hybridized carbons (Fsp3) is 0.533. The Balaban J connectivity index is 1.81. The molecule has 0 aliphatic heterocycles. The van der Waals surface area contributed by atoms with E-state index in [9.17, 15) is 0 Å². The molecule has 2 heterocycles. The quantitative estimate of drug-likeness (QED) is 0.853. The number of aromatic nitrogens is 2. The molecule has 0 radical (unpaired) electrons. The van der Waals surface area contributed by atoms with Crippen LogP contribution >= 0.6 is 11.3 Å². The highest BCUT2D eigenvalue weighted by atomic mass is 32.1. The van der Waals surface area contributed by atoms with Crippen molar-refractivity contribution in [2.75, 3.05) is 13.1 Å². The first-order valence-corrected chi connectivity index (χ1v) is 8.19. The SMILES string of the molecule is CCN(Cc1cccs1)C(CN)c1cncn1C1CC1. The molecule has 2 N–H and O–H groups in total. The Hall–Kier alpha value is -1.17. The fourth-order valence-corrected chi connectivity index (χ4v) is 3.46. The highest BCUT2D eigenvalue weighted by Crippen LogP contribution is 2.37. The van der Waals surface area contributed by atoms with Gasteiger partial charge in [-0.15, -0.1) is 11.3 Å². The zero-order valence-electron chi connectivity index (χ0n) is 11.9. The van der Waals surface area contributed by atoms with E-state index in [0.29, 0.717) is 12.6 Å². The third-order valence-corrected chi connectivity index (χ3v) is 4.85. The summed E-state index contributed by atoms with van der Waals surface area (Å²) in [6.45, 7) is 4.80. The van der Waals surface area contributed by atoms with Crippen molar-refractivity contribution in [3.05, 3.63) is 40.6 Å². The Bertz CT molecular complexity index is 530. The number of nitrogens with two attached hydrogens (primary N) is 1. The Morgan fingerprint density at radius 3 is 3.00 bits per heavy atom. The van der Waals surface area contributed by atoms with Crippen LogP contribution in [0.1, 0.15) is 42.4 Å². The molecule has 1 aliphatic carbocycles. The Kier molecular flexibility index (Phi) is 4.19. The van der Waals surface area contributed by atoms with Gasteiger partial charge in [0, 0.05) is 30.2 Å². The molecule has 108 valence electrons. The minimum absolute atomic E-state index is 0.255. The maximum absolute atomic E-state index is 6.08. The van der Waals surface area contributed by atoms with Gasteiger partial charge in [0.25, 0.3) is 0 Å². The number of imidazole rings is 1. The molecule has 20 heavy (non-hydrogen) atoms. The number of thiophene rings is 1. The summed E-state index contributed by atoms with van der Waals surface area (Å²) in [5.41, 5.74) is 7.35. The lowest BCUT2D eigenvalue weighted by Gasteiger charge is -2.30. The smallest absolute Gasteiger partial charge is 0.0951 e. The summed E-state index contributed by atoms with van der Waals surface area (Å²) in [4.78, 5) is 8.19. The molecule has 2 aromatic rings. The van der Waals surface area contributed by atoms with E-state index in [0.717, 1.165) is 13.1 Å². The zero-order chi connectivity index (χ0) is 13.9. The molecule has 4 nitrogen and oxygen atoms in total. The van der Waals surface area contributed by atoms with Gasteiger partial charge in [-0.1, -0.05) is 13.0 Å². The molecule has 0 spiro atoms. The Labute approximate surface area is 124 Å². The van der Waals surface area contributed by atoms with Crippen LogP contribution < -0.4 is 5.73 Å². The zero-order valence-corrected chi connectivity index (χ0v) is 12.7. The number of hydrogen-bond donors (Lipinski definition) is 1. The van der Waals surface area contributed by atoms with Gasteiger partial charge in [-0.25, -0.2) is 4.98 Å². The van der Waals surface area contributed by atoms with Gasteiger partial charge in [0.1, 0.15) is 0 Å². The summed E-state index contributed by atoms with van der Waals surface area (Å²) in [6, 6.07) is 5.21. The first-order valence-electron chi connectivity index (χ1n) is 7.31. The van der Waals surface area contributed by atoms with Crippen molar-refractivity contribution in [1.29, 1.82) is 0 Å². The van der Waals surface area contributed by atoms with E-state index in [1.807, 2.05) is 23.9 Å². The van der Waals surface area contributed by atoms with E-state index < -0.39 is 0 Å². The lowest BCUT2D eigenvalue weighted by molar-refractivity contribution is 0.197. The minimum atomic E-state index is 0.255. The standard InChI is InChI=1S/C15H22N4S/c1-2-18(10-13-4-3-7-20-13)14(8-16)15-9-17-11-19(15)12-5-6-12/h3-4,7,9,11-12,14H,2,5-6,8,10,16H2,1H3. The third-order valence-electron chi connectivity index (χ3n) is 3.99. The first kappa shape index (κ1) is 13.8. The minimum Gasteiger partial charge on any atom is -0.330 e. The molecule has 1 saturated carbocycles. The van der Waals surface area contributed by atoms with Gasteiger partial charge in [-0.2, -0.15) is 0 Å². The van der Waals surface area contributed by atoms with Crippen LogP contribution in [0.25, 0.3) is 0 Å². The van der Waals surface area contributed by atoms with Crippen molar-refractivity contribution in [3.63, 3.8) is 0 Å². The molecule has 5 heteroatoms. The van der Waals surface area contributed by atoms with E-state index in [4.69, 9.17) is 5.73 Å². The monoisotopic (exact) mass is 290 g/mol. The van der Waals surface area contributed by atoms with Gasteiger partial charge < -0.3 is 10.3 Å². The molecule has 1 atom stereocenters. The molecule has 3 rings (SSSR count). The molecule has 1 unspecified atom stereocenters. The summed E-state index contributed by atoms with van der Waals surface area (Å²) in [5.74, 6) is 0. The lowest BCUT2D eigenvalue weighted by atomic mass is 10.1. The largest absolute Gasteiger partial charge is 0.330 e. The van der Waals surface area contributed by atoms with Crippen LogP contribution in [0.5, 0.6) is 0 Å². The first-order chi connectivity index (χ1) is 9.83. The second-order valence-corrected chi connectivity index (χ2v) is 6.38. The highest BCUT2D eigenvalue weighted by Gasteiger charge is 2.29. The van der Waals surface area contributed by atoms with Gasteiger partial charge in [-0.3, -0.25) is 4.90 Å². The average molecular weight is 290 g/mol. The molecule has 0 bridgehead atoms. The summed E-state index contributed by atoms with van der Waals surface area (Å²) in [6.07, 6.45) is 6.51. The summed E-state index contributed by atoms with van der Waals surface area (Å²) in [5, 5.41) is 2.13. The van der Waals surface area contributed by atoms with Crippen LogP contribution in [0.4, 0.5) is 0 Å². The second-order valence-electron chi connectivity index (χ2n) is 5.35. The topological polar surface area (TPSA) is 47.1 Å². The molecule has 1 fully saturated rings. The van der Waals surface area contributed by atoms with Crippen LogP contribution in [0.2, 0.25) is 0 Å². The normalized spacial score (nSPS) is 16.8. The van der Waals surface area contributed by atoms with Crippen LogP contribution in [-0.4, -0.2) is 27.5 Å². The molecular weight excluding hydrogens is 268 g/mol. The van der Waals surface area contributed by atoms with Gasteiger partial charge in [0.05, 0.1) is 18.1 Å². The van der Waals surface area contributed by atoms with Crippen molar-refractivity contribution < 1.29 is 0 Å². The van der Waals surface area contributed by atoms with Crippen LogP contribution in [-0.2, 0) is 6.54 Å². The molecule has 0 saturated heterocycles. The number of rotatable bonds is 7. The third kappa shape index (κ3) is 2.80. The maximum atomic E-state index is 6.08. The van der Waals surface area contributed by atoms with Crippen LogP contribution in [0.15, 0.2) is 30.0 Å². The van der Waals surface area contributed by atoms with E-state index in [2.05, 4.69) is 38.9 Å². The molecular formula is C15H22N4S. The molecule has 0 amide bonds. The van der Waals surface area contributed by atoms with Crippen molar-refractivity contribution in [2.45, 2.75) is 38.4 Å². The highest BCUT2D eigenvalue weighted by molar-refractivity contribution is 7.09. The number of likely N-dealkylation sites (N-methyl/N-ethyl adjacent to an activating group) is 1. The second kappa shape index (κ2) is 6.08. The summed E-state index contributed by atoms with van der Waals surface area (Å²) >= 11 is 1.81. The van der Waals surface area contributed by atoms with Crippen LogP contribution in [0, 0.1) is 0 Å². The van der Waals surface area contributed by atoms with Crippen molar-refractivity contribution in [1.82, 2.24) is 14.5 Å². The Morgan fingerprint density at radius 1 is 1.55 bits per heavy atom. The number of hydrogen-bond acceptors (Lipinski definition) is 4. The summed E-state index contributed by atoms with van der Waals surface area (Å²) in [7, 11) is 0. The predicted octanol–water partition coefficient (Wildman–Crippen LogP) is 2.80. The Morgan fingerprint density at radius 2 is 2.40 bits per heavy atom. The molecule has 2 aromatic heterocycles. The van der Waals surface area contributed by atoms with E-state index in [-0.39, 0.29) is 6.04 Å². The van der Waals surface area contributed by atoms with E-state index in [1.54, 1.807) is 0 Å². The van der Waals surface area contributed by atoms with E-state index in [1.165, 1.54) is 23.4 Å². The predicted molar refractivity (Wildman–Crippen MR) is 82.7 cm³/mol. The fourth-order valence-electron chi connectivity index (χ4n) is 2.73. The van der Waals surface area contributed by atoms with Crippen molar-refractivity contribution in [2.24, 2.45) is 5.73 Å². The van der Waals surface area contributed by atoms with Gasteiger partial charge in [0.2, 0.25) is 0 Å². The van der Waals surface area contributed by atoms with Crippen molar-refractivity contribution >= 4 is 11.3 Å². The maximum Gasteiger partial charge on any atom is 0.0951 e. The van der Waals surface area contributed by atoms with Gasteiger partial charge >= 0.3 is 0 Å². The van der Waals surface area contributed by atoms with Crippen LogP contribution in [0.3, 0.4) is 0 Å². The summed E-state index contributed by atoms with van der Waals surface area (Å²) < 4.78 is 2.33. The number of nitrogens with zero attached hydrogens (tertiary/aromatic N) is 3. The van der Waals surface area contributed by atoms with Gasteiger partial charge in [-0.05, 0) is 30.8 Å². The van der Waals surface area contributed by atoms with Gasteiger partial charge in [0.15, 0.2) is 0 Å². The lowest BCUT2D eigenvalue weighted by Crippen LogP contribution is -2.34. The molecule has 0 aromatic carbocycles.